The normalized spacial score (nSPS) is 20.0. The van der Waals surface area contributed by atoms with Crippen LogP contribution in [0.3, 0.4) is 0 Å². The standard InChI is InChI=1S/C22H30N4O4S/c1-31(29,30)22-19-14-17(3-2-16-6-10-23-11-7-16)4-5-20(19)26(24-22)18-8-12-25(13-9-18)15-21(27)28/h2-5,14,16,18,23H,6-13,15H2,1H3,(H,27,28). The lowest BCUT2D eigenvalue weighted by Gasteiger charge is -2.31. The number of allylic oxidation sites excluding steroid dienone is 1. The Morgan fingerprint density at radius 2 is 1.94 bits per heavy atom. The molecule has 2 aliphatic rings. The molecule has 0 bridgehead atoms. The first-order chi connectivity index (χ1) is 14.8. The average molecular weight is 447 g/mol. The minimum atomic E-state index is -3.48. The molecule has 0 saturated carbocycles. The molecule has 2 saturated heterocycles. The molecule has 0 atom stereocenters. The van der Waals surface area contributed by atoms with Crippen LogP contribution in [0.5, 0.6) is 0 Å². The van der Waals surface area contributed by atoms with E-state index in [0.29, 0.717) is 24.4 Å². The van der Waals surface area contributed by atoms with Crippen LogP contribution >= 0.6 is 0 Å². The quantitative estimate of drug-likeness (QED) is 0.701. The van der Waals surface area contributed by atoms with E-state index in [2.05, 4.69) is 22.6 Å². The highest BCUT2D eigenvalue weighted by Gasteiger charge is 2.27. The number of aromatic nitrogens is 2. The molecule has 2 N–H and O–H groups in total. The van der Waals surface area contributed by atoms with Gasteiger partial charge in [0.15, 0.2) is 14.9 Å². The maximum absolute atomic E-state index is 12.5. The summed E-state index contributed by atoms with van der Waals surface area (Å²) in [5.41, 5.74) is 1.79. The van der Waals surface area contributed by atoms with Crippen molar-refractivity contribution in [3.05, 3.63) is 29.8 Å². The lowest BCUT2D eigenvalue weighted by molar-refractivity contribution is -0.138. The maximum Gasteiger partial charge on any atom is 0.317 e. The molecule has 0 unspecified atom stereocenters. The summed E-state index contributed by atoms with van der Waals surface area (Å²) in [6.45, 7) is 3.41. The van der Waals surface area contributed by atoms with Crippen LogP contribution in [0.2, 0.25) is 0 Å². The van der Waals surface area contributed by atoms with Gasteiger partial charge in [0, 0.05) is 24.7 Å². The second-order valence-electron chi connectivity index (χ2n) is 8.65. The van der Waals surface area contributed by atoms with Crippen molar-refractivity contribution in [2.75, 3.05) is 39.0 Å². The molecule has 8 nitrogen and oxygen atoms in total. The number of hydrogen-bond acceptors (Lipinski definition) is 6. The van der Waals surface area contributed by atoms with Crippen LogP contribution < -0.4 is 5.32 Å². The Bertz CT molecular complexity index is 1080. The molecule has 0 spiro atoms. The fourth-order valence-electron chi connectivity index (χ4n) is 4.58. The van der Waals surface area contributed by atoms with Gasteiger partial charge in [0.05, 0.1) is 18.1 Å². The summed E-state index contributed by atoms with van der Waals surface area (Å²) in [6, 6.07) is 5.96. The molecule has 2 aromatic rings. The summed E-state index contributed by atoms with van der Waals surface area (Å²) in [7, 11) is -3.48. The number of sulfone groups is 1. The summed E-state index contributed by atoms with van der Waals surface area (Å²) in [6.07, 6.45) is 9.23. The zero-order valence-electron chi connectivity index (χ0n) is 17.8. The second kappa shape index (κ2) is 9.10. The van der Waals surface area contributed by atoms with Crippen molar-refractivity contribution in [2.45, 2.75) is 36.8 Å². The molecule has 3 heterocycles. The first-order valence-electron chi connectivity index (χ1n) is 10.9. The minimum Gasteiger partial charge on any atom is -0.480 e. The Balaban J connectivity index is 1.61. The number of carbonyl (C=O) groups is 1. The second-order valence-corrected chi connectivity index (χ2v) is 10.6. The summed E-state index contributed by atoms with van der Waals surface area (Å²) in [5.74, 6) is -0.280. The van der Waals surface area contributed by atoms with Gasteiger partial charge in [-0.3, -0.25) is 14.4 Å². The molecular weight excluding hydrogens is 416 g/mol. The lowest BCUT2D eigenvalue weighted by atomic mass is 9.97. The summed E-state index contributed by atoms with van der Waals surface area (Å²) < 4.78 is 26.8. The van der Waals surface area contributed by atoms with E-state index < -0.39 is 15.8 Å². The Morgan fingerprint density at radius 3 is 2.58 bits per heavy atom. The minimum absolute atomic E-state index is 0.0356. The van der Waals surface area contributed by atoms with E-state index in [1.54, 1.807) is 0 Å². The van der Waals surface area contributed by atoms with E-state index in [0.717, 1.165) is 49.9 Å². The van der Waals surface area contributed by atoms with Gasteiger partial charge in [0.1, 0.15) is 0 Å². The molecule has 9 heteroatoms. The third-order valence-electron chi connectivity index (χ3n) is 6.25. The number of hydrogen-bond donors (Lipinski definition) is 2. The smallest absolute Gasteiger partial charge is 0.317 e. The summed E-state index contributed by atoms with van der Waals surface area (Å²) in [4.78, 5) is 12.9. The van der Waals surface area contributed by atoms with E-state index in [9.17, 15) is 13.2 Å². The Morgan fingerprint density at radius 1 is 1.23 bits per heavy atom. The van der Waals surface area contributed by atoms with Gasteiger partial charge in [-0.05, 0) is 62.4 Å². The number of carboxylic acids is 1. The zero-order chi connectivity index (χ0) is 22.0. The largest absolute Gasteiger partial charge is 0.480 e. The third kappa shape index (κ3) is 5.16. The van der Waals surface area contributed by atoms with Gasteiger partial charge in [-0.2, -0.15) is 5.10 Å². The molecule has 0 aliphatic carbocycles. The topological polar surface area (TPSA) is 105 Å². The fourth-order valence-corrected chi connectivity index (χ4v) is 5.38. The first kappa shape index (κ1) is 22.0. The van der Waals surface area contributed by atoms with Crippen LogP contribution in [-0.4, -0.2) is 73.2 Å². The zero-order valence-corrected chi connectivity index (χ0v) is 18.6. The number of rotatable bonds is 6. The van der Waals surface area contributed by atoms with Crippen molar-refractivity contribution in [3.63, 3.8) is 0 Å². The SMILES string of the molecule is CS(=O)(=O)c1nn(C2CCN(CC(=O)O)CC2)c2ccc(C=CC3CCNCC3)cc12. The average Bonchev–Trinajstić information content (AvgIpc) is 3.12. The lowest BCUT2D eigenvalue weighted by Crippen LogP contribution is -2.38. The molecule has 1 aromatic heterocycles. The van der Waals surface area contributed by atoms with Gasteiger partial charge in [0.2, 0.25) is 0 Å². The van der Waals surface area contributed by atoms with Crippen LogP contribution in [0.4, 0.5) is 0 Å². The van der Waals surface area contributed by atoms with Crippen LogP contribution in [-0.2, 0) is 14.6 Å². The molecule has 31 heavy (non-hydrogen) atoms. The van der Waals surface area contributed by atoms with Crippen molar-refractivity contribution in [3.8, 4) is 0 Å². The van der Waals surface area contributed by atoms with Gasteiger partial charge in [-0.25, -0.2) is 8.42 Å². The van der Waals surface area contributed by atoms with Crippen LogP contribution in [0.1, 0.15) is 37.3 Å². The van der Waals surface area contributed by atoms with E-state index in [4.69, 9.17) is 5.11 Å². The Hall–Kier alpha value is -2.23. The number of benzene rings is 1. The van der Waals surface area contributed by atoms with Gasteiger partial charge in [-0.1, -0.05) is 18.2 Å². The van der Waals surface area contributed by atoms with Crippen molar-refractivity contribution in [1.29, 1.82) is 0 Å². The first-order valence-corrected chi connectivity index (χ1v) is 12.8. The maximum atomic E-state index is 12.5. The Labute approximate surface area is 182 Å². The van der Waals surface area contributed by atoms with Crippen LogP contribution in [0.25, 0.3) is 17.0 Å². The van der Waals surface area contributed by atoms with Gasteiger partial charge in [0.25, 0.3) is 0 Å². The monoisotopic (exact) mass is 446 g/mol. The van der Waals surface area contributed by atoms with Crippen LogP contribution in [0, 0.1) is 5.92 Å². The molecule has 168 valence electrons. The predicted molar refractivity (Wildman–Crippen MR) is 120 cm³/mol. The number of aliphatic carboxylic acids is 1. The van der Waals surface area contributed by atoms with Gasteiger partial charge < -0.3 is 10.4 Å². The van der Waals surface area contributed by atoms with Crippen molar-refractivity contribution in [1.82, 2.24) is 20.0 Å². The number of piperidine rings is 2. The molecule has 4 rings (SSSR count). The third-order valence-corrected chi connectivity index (χ3v) is 7.26. The molecule has 1 aromatic carbocycles. The summed E-state index contributed by atoms with van der Waals surface area (Å²) >= 11 is 0. The number of nitrogens with zero attached hydrogens (tertiary/aromatic N) is 3. The molecule has 2 fully saturated rings. The number of carboxylic acid groups (broad SMARTS) is 1. The van der Waals surface area contributed by atoms with E-state index in [1.807, 2.05) is 27.8 Å². The number of likely N-dealkylation sites (tertiary alicyclic amines) is 1. The van der Waals surface area contributed by atoms with E-state index >= 15 is 0 Å². The van der Waals surface area contributed by atoms with Crippen molar-refractivity contribution >= 4 is 32.8 Å². The highest BCUT2D eigenvalue weighted by atomic mass is 32.2. The number of nitrogens with one attached hydrogen (secondary N) is 1. The Kier molecular flexibility index (Phi) is 6.45. The highest BCUT2D eigenvalue weighted by molar-refractivity contribution is 7.90. The van der Waals surface area contributed by atoms with Gasteiger partial charge >= 0.3 is 5.97 Å². The molecular formula is C22H30N4O4S. The molecule has 2 aliphatic heterocycles. The highest BCUT2D eigenvalue weighted by Crippen LogP contribution is 2.31. The predicted octanol–water partition coefficient (Wildman–Crippen LogP) is 2.17. The summed E-state index contributed by atoms with van der Waals surface area (Å²) in [5, 5.41) is 17.7. The number of fused-ring (bicyclic) bond motifs is 1. The fraction of sp³-hybridized carbons (Fsp3) is 0.545. The van der Waals surface area contributed by atoms with Crippen LogP contribution in [0.15, 0.2) is 29.3 Å². The molecule has 0 amide bonds. The molecule has 0 radical (unpaired) electrons. The van der Waals surface area contributed by atoms with E-state index in [-0.39, 0.29) is 17.6 Å². The van der Waals surface area contributed by atoms with Crippen molar-refractivity contribution in [2.24, 2.45) is 5.92 Å². The van der Waals surface area contributed by atoms with E-state index in [1.165, 1.54) is 6.26 Å². The van der Waals surface area contributed by atoms with Crippen molar-refractivity contribution < 1.29 is 18.3 Å². The van der Waals surface area contributed by atoms with Gasteiger partial charge in [-0.15, -0.1) is 0 Å².